The maximum atomic E-state index is 12.2. The van der Waals surface area contributed by atoms with Crippen LogP contribution < -0.4 is 0 Å². The maximum Gasteiger partial charge on any atom is 0.334 e. The zero-order valence-electron chi connectivity index (χ0n) is 13.5. The summed E-state index contributed by atoms with van der Waals surface area (Å²) in [5.41, 5.74) is 1.15. The normalized spacial score (nSPS) is 11.8. The molecule has 3 nitrogen and oxygen atoms in total. The third kappa shape index (κ3) is 6.88. The Labute approximate surface area is 151 Å². The number of unbranched alkanes of at least 4 members (excludes halogenated alkanes) is 2. The molecule has 0 aliphatic heterocycles. The van der Waals surface area contributed by atoms with Gasteiger partial charge in [-0.25, -0.2) is 4.79 Å². The first-order valence-corrected chi connectivity index (χ1v) is 8.91. The minimum absolute atomic E-state index is 0.0167. The van der Waals surface area contributed by atoms with Crippen molar-refractivity contribution < 1.29 is 14.3 Å². The van der Waals surface area contributed by atoms with Crippen molar-refractivity contribution in [2.75, 3.05) is 7.11 Å². The quantitative estimate of drug-likeness (QED) is 0.230. The standard InChI is InChI=1S/C18H22BrClO3/c1-3-4-5-6-16(19)15(18(22)23-2)11-12-17(21)13-7-9-14(20)10-8-13/h7-10H,3-6,11-12H2,1-2H3/b16-15-. The summed E-state index contributed by atoms with van der Waals surface area (Å²) in [6.45, 7) is 2.13. The molecule has 1 aromatic rings. The Bertz CT molecular complexity index is 564. The zero-order valence-corrected chi connectivity index (χ0v) is 15.9. The van der Waals surface area contributed by atoms with E-state index >= 15 is 0 Å². The summed E-state index contributed by atoms with van der Waals surface area (Å²) in [7, 11) is 1.36. The van der Waals surface area contributed by atoms with Gasteiger partial charge in [-0.05, 0) is 43.5 Å². The fraction of sp³-hybridized carbons (Fsp3) is 0.444. The Morgan fingerprint density at radius 3 is 2.30 bits per heavy atom. The molecule has 23 heavy (non-hydrogen) atoms. The number of rotatable bonds is 9. The number of carbonyl (C=O) groups is 2. The molecular weight excluding hydrogens is 380 g/mol. The topological polar surface area (TPSA) is 43.4 Å². The van der Waals surface area contributed by atoms with Crippen molar-refractivity contribution in [2.45, 2.75) is 45.4 Å². The monoisotopic (exact) mass is 400 g/mol. The van der Waals surface area contributed by atoms with E-state index in [1.807, 2.05) is 0 Å². The third-order valence-corrected chi connectivity index (χ3v) is 4.65. The van der Waals surface area contributed by atoms with Crippen LogP contribution in [0.2, 0.25) is 5.02 Å². The molecular formula is C18H22BrClO3. The zero-order chi connectivity index (χ0) is 17.2. The Kier molecular flexibility index (Phi) is 9.19. The molecule has 0 bridgehead atoms. The molecule has 0 fully saturated rings. The second kappa shape index (κ2) is 10.6. The number of methoxy groups -OCH3 is 1. The van der Waals surface area contributed by atoms with E-state index in [0.29, 0.717) is 22.6 Å². The van der Waals surface area contributed by atoms with Gasteiger partial charge in [0.2, 0.25) is 0 Å². The fourth-order valence-corrected chi connectivity index (χ4v) is 2.94. The predicted octanol–water partition coefficient (Wildman–Crippen LogP) is 5.71. The van der Waals surface area contributed by atoms with Crippen molar-refractivity contribution >= 4 is 39.3 Å². The lowest BCUT2D eigenvalue weighted by atomic mass is 10.0. The minimum Gasteiger partial charge on any atom is -0.466 e. The van der Waals surface area contributed by atoms with Crippen LogP contribution in [-0.2, 0) is 9.53 Å². The van der Waals surface area contributed by atoms with E-state index < -0.39 is 0 Å². The minimum atomic E-state index is -0.378. The van der Waals surface area contributed by atoms with Crippen molar-refractivity contribution in [2.24, 2.45) is 0 Å². The molecule has 0 aromatic heterocycles. The van der Waals surface area contributed by atoms with E-state index in [9.17, 15) is 9.59 Å². The van der Waals surface area contributed by atoms with Crippen LogP contribution >= 0.6 is 27.5 Å². The number of halogens is 2. The van der Waals surface area contributed by atoms with E-state index in [0.717, 1.165) is 30.2 Å². The van der Waals surface area contributed by atoms with Crippen molar-refractivity contribution in [3.63, 3.8) is 0 Å². The Morgan fingerprint density at radius 1 is 1.09 bits per heavy atom. The fourth-order valence-electron chi connectivity index (χ4n) is 2.17. The van der Waals surface area contributed by atoms with E-state index in [4.69, 9.17) is 16.3 Å². The summed E-state index contributed by atoms with van der Waals surface area (Å²) in [5, 5.41) is 0.593. The predicted molar refractivity (Wildman–Crippen MR) is 97.1 cm³/mol. The number of esters is 1. The second-order valence-corrected chi connectivity index (χ2v) is 6.66. The summed E-state index contributed by atoms with van der Waals surface area (Å²) in [6, 6.07) is 6.77. The highest BCUT2D eigenvalue weighted by atomic mass is 79.9. The largest absolute Gasteiger partial charge is 0.466 e. The number of hydrogen-bond acceptors (Lipinski definition) is 3. The molecule has 0 N–H and O–H groups in total. The van der Waals surface area contributed by atoms with Crippen molar-refractivity contribution in [1.29, 1.82) is 0 Å². The molecule has 1 rings (SSSR count). The number of ether oxygens (including phenoxy) is 1. The van der Waals surface area contributed by atoms with Crippen LogP contribution in [0.1, 0.15) is 55.8 Å². The van der Waals surface area contributed by atoms with Gasteiger partial charge in [0.05, 0.1) is 7.11 Å². The first kappa shape index (κ1) is 19.9. The molecule has 0 heterocycles. The first-order chi connectivity index (χ1) is 11.0. The van der Waals surface area contributed by atoms with Crippen LogP contribution in [0.3, 0.4) is 0 Å². The molecule has 1 aromatic carbocycles. The lowest BCUT2D eigenvalue weighted by Crippen LogP contribution is -2.09. The van der Waals surface area contributed by atoms with Gasteiger partial charge in [0, 0.05) is 27.1 Å². The van der Waals surface area contributed by atoms with Crippen LogP contribution in [-0.4, -0.2) is 18.9 Å². The molecule has 0 atom stereocenters. The van der Waals surface area contributed by atoms with Crippen molar-refractivity contribution in [1.82, 2.24) is 0 Å². The summed E-state index contributed by atoms with van der Waals surface area (Å²) in [6.07, 6.45) is 4.63. The van der Waals surface area contributed by atoms with E-state index in [-0.39, 0.29) is 18.2 Å². The van der Waals surface area contributed by atoms with Crippen LogP contribution in [0.15, 0.2) is 34.3 Å². The van der Waals surface area contributed by atoms with Crippen molar-refractivity contribution in [3.8, 4) is 0 Å². The Balaban J connectivity index is 2.73. The van der Waals surface area contributed by atoms with Gasteiger partial charge < -0.3 is 4.74 Å². The molecule has 5 heteroatoms. The number of allylic oxidation sites excluding steroid dienone is 1. The number of carbonyl (C=O) groups excluding carboxylic acids is 2. The van der Waals surface area contributed by atoms with E-state index in [1.165, 1.54) is 7.11 Å². The summed E-state index contributed by atoms with van der Waals surface area (Å²) in [5.74, 6) is -0.394. The van der Waals surface area contributed by atoms with E-state index in [1.54, 1.807) is 24.3 Å². The smallest absolute Gasteiger partial charge is 0.334 e. The molecule has 0 aliphatic rings. The molecule has 0 aliphatic carbocycles. The Hall–Kier alpha value is -1.13. The van der Waals surface area contributed by atoms with Gasteiger partial charge in [0.15, 0.2) is 5.78 Å². The molecule has 0 amide bonds. The lowest BCUT2D eigenvalue weighted by Gasteiger charge is -2.09. The van der Waals surface area contributed by atoms with Crippen molar-refractivity contribution in [3.05, 3.63) is 44.9 Å². The first-order valence-electron chi connectivity index (χ1n) is 7.74. The highest BCUT2D eigenvalue weighted by molar-refractivity contribution is 9.11. The van der Waals surface area contributed by atoms with Gasteiger partial charge >= 0.3 is 5.97 Å². The average Bonchev–Trinajstić information content (AvgIpc) is 2.55. The third-order valence-electron chi connectivity index (χ3n) is 3.53. The average molecular weight is 402 g/mol. The maximum absolute atomic E-state index is 12.2. The molecule has 0 saturated carbocycles. The van der Waals surface area contributed by atoms with Gasteiger partial charge in [-0.3, -0.25) is 4.79 Å². The number of benzene rings is 1. The molecule has 126 valence electrons. The number of hydrogen-bond donors (Lipinski definition) is 0. The molecule has 0 radical (unpaired) electrons. The number of Topliss-reactive ketones (excluding diaryl/α,β-unsaturated/α-hetero) is 1. The second-order valence-electron chi connectivity index (χ2n) is 5.26. The molecule has 0 unspecified atom stereocenters. The van der Waals surface area contributed by atoms with Crippen LogP contribution in [0.25, 0.3) is 0 Å². The van der Waals surface area contributed by atoms with Gasteiger partial charge in [0.1, 0.15) is 0 Å². The van der Waals surface area contributed by atoms with Gasteiger partial charge in [-0.15, -0.1) is 0 Å². The van der Waals surface area contributed by atoms with Gasteiger partial charge in [-0.2, -0.15) is 0 Å². The van der Waals surface area contributed by atoms with Crippen LogP contribution in [0.4, 0.5) is 0 Å². The summed E-state index contributed by atoms with van der Waals surface area (Å²) in [4.78, 5) is 24.2. The van der Waals surface area contributed by atoms with E-state index in [2.05, 4.69) is 22.9 Å². The van der Waals surface area contributed by atoms with Crippen LogP contribution in [0, 0.1) is 0 Å². The lowest BCUT2D eigenvalue weighted by molar-refractivity contribution is -0.136. The van der Waals surface area contributed by atoms with Gasteiger partial charge in [-0.1, -0.05) is 47.3 Å². The highest BCUT2D eigenvalue weighted by Crippen LogP contribution is 2.25. The SMILES string of the molecule is CCCCC/C(Br)=C(\CCC(=O)c1ccc(Cl)cc1)C(=O)OC. The molecule has 0 saturated heterocycles. The van der Waals surface area contributed by atoms with Gasteiger partial charge in [0.25, 0.3) is 0 Å². The Morgan fingerprint density at radius 2 is 1.74 bits per heavy atom. The number of ketones is 1. The summed E-state index contributed by atoms with van der Waals surface area (Å²) < 4.78 is 5.67. The summed E-state index contributed by atoms with van der Waals surface area (Å²) >= 11 is 9.30. The molecule has 0 spiro atoms. The highest BCUT2D eigenvalue weighted by Gasteiger charge is 2.17. The van der Waals surface area contributed by atoms with Crippen LogP contribution in [0.5, 0.6) is 0 Å².